The van der Waals surface area contributed by atoms with Gasteiger partial charge >= 0.3 is 0 Å². The SMILES string of the molecule is CCN1C(=S)N[C@@H](c2ccccn2)[C@H]1c1sccc1C. The lowest BCUT2D eigenvalue weighted by molar-refractivity contribution is 0.334. The largest absolute Gasteiger partial charge is 0.352 e. The highest BCUT2D eigenvalue weighted by Crippen LogP contribution is 2.41. The summed E-state index contributed by atoms with van der Waals surface area (Å²) in [7, 11) is 0. The van der Waals surface area contributed by atoms with E-state index in [0.717, 1.165) is 17.4 Å². The summed E-state index contributed by atoms with van der Waals surface area (Å²) < 4.78 is 0. The van der Waals surface area contributed by atoms with E-state index in [-0.39, 0.29) is 12.1 Å². The first-order chi connectivity index (χ1) is 9.72. The monoisotopic (exact) mass is 303 g/mol. The van der Waals surface area contributed by atoms with Crippen LogP contribution in [0.1, 0.15) is 35.1 Å². The van der Waals surface area contributed by atoms with Gasteiger partial charge in [0.15, 0.2) is 5.11 Å². The number of likely N-dealkylation sites (N-methyl/N-ethyl adjacent to an activating group) is 1. The van der Waals surface area contributed by atoms with Crippen LogP contribution in [0.15, 0.2) is 35.8 Å². The maximum Gasteiger partial charge on any atom is 0.170 e. The maximum atomic E-state index is 5.50. The first-order valence-electron chi connectivity index (χ1n) is 6.74. The number of pyridine rings is 1. The third-order valence-corrected chi connectivity index (χ3v) is 5.15. The van der Waals surface area contributed by atoms with Crippen molar-refractivity contribution in [2.24, 2.45) is 0 Å². The molecule has 5 heteroatoms. The standard InChI is InChI=1S/C15H17N3S2/c1-3-18-13(14-10(2)7-9-20-14)12(17-15(18)19)11-6-4-5-8-16-11/h4-9,12-13H,3H2,1-2H3,(H,17,19)/t12-,13-/m0/s1. The van der Waals surface area contributed by atoms with Crippen molar-refractivity contribution in [2.75, 3.05) is 6.54 Å². The van der Waals surface area contributed by atoms with Crippen LogP contribution in [0.5, 0.6) is 0 Å². The Bertz CT molecular complexity index is 609. The van der Waals surface area contributed by atoms with E-state index in [0.29, 0.717) is 0 Å². The molecular formula is C15H17N3S2. The average molecular weight is 303 g/mol. The van der Waals surface area contributed by atoms with Crippen LogP contribution >= 0.6 is 23.6 Å². The van der Waals surface area contributed by atoms with Crippen molar-refractivity contribution in [2.45, 2.75) is 25.9 Å². The van der Waals surface area contributed by atoms with Crippen LogP contribution in [0, 0.1) is 6.92 Å². The van der Waals surface area contributed by atoms with Gasteiger partial charge in [0.05, 0.1) is 17.8 Å². The summed E-state index contributed by atoms with van der Waals surface area (Å²) in [6.45, 7) is 5.21. The molecule has 1 aliphatic heterocycles. The second-order valence-electron chi connectivity index (χ2n) is 4.88. The van der Waals surface area contributed by atoms with Crippen molar-refractivity contribution in [3.05, 3.63) is 52.0 Å². The molecule has 0 amide bonds. The van der Waals surface area contributed by atoms with Crippen LogP contribution in [0.3, 0.4) is 0 Å². The van der Waals surface area contributed by atoms with E-state index in [1.807, 2.05) is 18.3 Å². The molecule has 0 radical (unpaired) electrons. The summed E-state index contributed by atoms with van der Waals surface area (Å²) in [6.07, 6.45) is 1.84. The van der Waals surface area contributed by atoms with Gasteiger partial charge in [-0.3, -0.25) is 4.98 Å². The van der Waals surface area contributed by atoms with Gasteiger partial charge < -0.3 is 10.2 Å². The van der Waals surface area contributed by atoms with Gasteiger partial charge in [0.1, 0.15) is 0 Å². The van der Waals surface area contributed by atoms with Crippen molar-refractivity contribution in [1.82, 2.24) is 15.2 Å². The molecule has 1 N–H and O–H groups in total. The highest BCUT2D eigenvalue weighted by atomic mass is 32.1. The fourth-order valence-electron chi connectivity index (χ4n) is 2.72. The molecule has 104 valence electrons. The lowest BCUT2D eigenvalue weighted by atomic mass is 10.0. The Balaban J connectivity index is 2.05. The Kier molecular flexibility index (Phi) is 3.72. The summed E-state index contributed by atoms with van der Waals surface area (Å²) in [5.41, 5.74) is 2.37. The average Bonchev–Trinajstić information content (AvgIpc) is 3.02. The molecule has 1 saturated heterocycles. The van der Waals surface area contributed by atoms with Crippen LogP contribution < -0.4 is 5.32 Å². The minimum Gasteiger partial charge on any atom is -0.352 e. The van der Waals surface area contributed by atoms with Gasteiger partial charge in [0.2, 0.25) is 0 Å². The number of nitrogens with one attached hydrogen (secondary N) is 1. The molecule has 20 heavy (non-hydrogen) atoms. The van der Waals surface area contributed by atoms with Crippen LogP contribution in [-0.4, -0.2) is 21.5 Å². The lowest BCUT2D eigenvalue weighted by Gasteiger charge is -2.26. The summed E-state index contributed by atoms with van der Waals surface area (Å²) >= 11 is 7.30. The zero-order chi connectivity index (χ0) is 14.1. The number of nitrogens with zero attached hydrogens (tertiary/aromatic N) is 2. The second kappa shape index (κ2) is 5.50. The van der Waals surface area contributed by atoms with Crippen LogP contribution in [-0.2, 0) is 0 Å². The van der Waals surface area contributed by atoms with Crippen molar-refractivity contribution in [1.29, 1.82) is 0 Å². The number of aromatic nitrogens is 1. The van der Waals surface area contributed by atoms with Crippen molar-refractivity contribution >= 4 is 28.7 Å². The molecule has 0 unspecified atom stereocenters. The van der Waals surface area contributed by atoms with Crippen molar-refractivity contribution < 1.29 is 0 Å². The van der Waals surface area contributed by atoms with Gasteiger partial charge in [0, 0.05) is 17.6 Å². The zero-order valence-corrected chi connectivity index (χ0v) is 13.2. The number of hydrogen-bond acceptors (Lipinski definition) is 3. The number of rotatable bonds is 3. The van der Waals surface area contributed by atoms with E-state index in [9.17, 15) is 0 Å². The molecule has 2 atom stereocenters. The van der Waals surface area contributed by atoms with E-state index in [1.165, 1.54) is 10.4 Å². The van der Waals surface area contributed by atoms with E-state index < -0.39 is 0 Å². The van der Waals surface area contributed by atoms with Crippen molar-refractivity contribution in [3.8, 4) is 0 Å². The Morgan fingerprint density at radius 3 is 2.85 bits per heavy atom. The Labute approximate surface area is 128 Å². The molecule has 0 aromatic carbocycles. The smallest absolute Gasteiger partial charge is 0.170 e. The first-order valence-corrected chi connectivity index (χ1v) is 8.03. The number of aryl methyl sites for hydroxylation is 1. The summed E-state index contributed by atoms with van der Waals surface area (Å²) in [5.74, 6) is 0. The van der Waals surface area contributed by atoms with Crippen LogP contribution in [0.2, 0.25) is 0 Å². The van der Waals surface area contributed by atoms with Gasteiger partial charge in [-0.25, -0.2) is 0 Å². The predicted molar refractivity (Wildman–Crippen MR) is 86.9 cm³/mol. The van der Waals surface area contributed by atoms with E-state index >= 15 is 0 Å². The topological polar surface area (TPSA) is 28.2 Å². The fraction of sp³-hybridized carbons (Fsp3) is 0.333. The Morgan fingerprint density at radius 1 is 1.40 bits per heavy atom. The minimum atomic E-state index is 0.126. The van der Waals surface area contributed by atoms with Crippen molar-refractivity contribution in [3.63, 3.8) is 0 Å². The normalized spacial score (nSPS) is 22.1. The summed E-state index contributed by atoms with van der Waals surface area (Å²) in [5, 5.41) is 6.41. The Morgan fingerprint density at radius 2 is 2.25 bits per heavy atom. The summed E-state index contributed by atoms with van der Waals surface area (Å²) in [6, 6.07) is 8.57. The highest BCUT2D eigenvalue weighted by Gasteiger charge is 2.40. The third kappa shape index (κ3) is 2.21. The molecule has 0 bridgehead atoms. The van der Waals surface area contributed by atoms with Crippen LogP contribution in [0.25, 0.3) is 0 Å². The zero-order valence-electron chi connectivity index (χ0n) is 11.5. The number of hydrogen-bond donors (Lipinski definition) is 1. The molecular weight excluding hydrogens is 286 g/mol. The molecule has 0 spiro atoms. The van der Waals surface area contributed by atoms with Gasteiger partial charge in [-0.1, -0.05) is 6.07 Å². The minimum absolute atomic E-state index is 0.126. The van der Waals surface area contributed by atoms with Gasteiger partial charge in [0.25, 0.3) is 0 Å². The highest BCUT2D eigenvalue weighted by molar-refractivity contribution is 7.80. The van der Waals surface area contributed by atoms with E-state index in [4.69, 9.17) is 12.2 Å². The molecule has 2 aromatic rings. The molecule has 3 heterocycles. The quantitative estimate of drug-likeness (QED) is 0.879. The molecule has 3 nitrogen and oxygen atoms in total. The second-order valence-corrected chi connectivity index (χ2v) is 6.21. The van der Waals surface area contributed by atoms with Crippen LogP contribution in [0.4, 0.5) is 0 Å². The van der Waals surface area contributed by atoms with E-state index in [1.54, 1.807) is 11.3 Å². The van der Waals surface area contributed by atoms with E-state index in [2.05, 4.69) is 46.6 Å². The predicted octanol–water partition coefficient (Wildman–Crippen LogP) is 3.44. The van der Waals surface area contributed by atoms with Gasteiger partial charge in [-0.2, -0.15) is 0 Å². The molecule has 1 fully saturated rings. The molecule has 0 saturated carbocycles. The molecule has 1 aliphatic rings. The molecule has 0 aliphatic carbocycles. The fourth-order valence-corrected chi connectivity index (χ4v) is 4.16. The maximum absolute atomic E-state index is 5.50. The Hall–Kier alpha value is -1.46. The number of thiophene rings is 1. The molecule has 3 rings (SSSR count). The van der Waals surface area contributed by atoms with Gasteiger partial charge in [-0.15, -0.1) is 11.3 Å². The summed E-state index contributed by atoms with van der Waals surface area (Å²) in [4.78, 5) is 8.14. The number of thiocarbonyl (C=S) groups is 1. The molecule has 2 aromatic heterocycles. The first kappa shape index (κ1) is 13.5. The third-order valence-electron chi connectivity index (χ3n) is 3.71. The van der Waals surface area contributed by atoms with Gasteiger partial charge in [-0.05, 0) is 55.2 Å². The lowest BCUT2D eigenvalue weighted by Crippen LogP contribution is -2.29.